The summed E-state index contributed by atoms with van der Waals surface area (Å²) in [5.41, 5.74) is -2.94. The average Bonchev–Trinajstić information content (AvgIpc) is 3.21. The standard InChI is InChI=1S/C22H16Cl2F5N3O2S/c23-14-3-13(4-15(24)18(14)25)21(22(27,28)29)5-16(31-34-21)11-1-2-17(30-6-11)20(26)9-32(10-20)19(33)12-7-35-8-12/h1-6,12,31H,7-10H2. The number of amides is 1. The number of rotatable bonds is 4. The number of pyridine rings is 1. The van der Waals surface area contributed by atoms with Gasteiger partial charge in [-0.25, -0.2) is 8.78 Å². The minimum absolute atomic E-state index is 0.0694. The third-order valence-electron chi connectivity index (χ3n) is 6.22. The summed E-state index contributed by atoms with van der Waals surface area (Å²) < 4.78 is 71.4. The van der Waals surface area contributed by atoms with Crippen LogP contribution in [0.2, 0.25) is 10.0 Å². The molecule has 2 aromatic rings. The first-order chi connectivity index (χ1) is 16.4. The van der Waals surface area contributed by atoms with Gasteiger partial charge >= 0.3 is 6.18 Å². The fraction of sp³-hybridized carbons (Fsp3) is 0.364. The molecule has 5 nitrogen and oxygen atoms in total. The maximum absolute atomic E-state index is 15.2. The van der Waals surface area contributed by atoms with E-state index in [1.54, 1.807) is 11.8 Å². The number of nitrogens with zero attached hydrogens (tertiary/aromatic N) is 2. The van der Waals surface area contributed by atoms with E-state index in [4.69, 9.17) is 28.0 Å². The van der Waals surface area contributed by atoms with Crippen molar-refractivity contribution in [2.75, 3.05) is 24.6 Å². The lowest BCUT2D eigenvalue weighted by molar-refractivity contribution is -0.269. The summed E-state index contributed by atoms with van der Waals surface area (Å²) in [6, 6.07) is 4.34. The van der Waals surface area contributed by atoms with Gasteiger partial charge in [-0.3, -0.25) is 20.1 Å². The van der Waals surface area contributed by atoms with Crippen LogP contribution in [-0.2, 0) is 20.9 Å². The normalized spacial score (nSPS) is 23.9. The van der Waals surface area contributed by atoms with E-state index in [-0.39, 0.29) is 41.9 Å². The number of alkyl halides is 4. The first-order valence-electron chi connectivity index (χ1n) is 10.3. The lowest BCUT2D eigenvalue weighted by Crippen LogP contribution is -2.61. The molecule has 1 unspecified atom stereocenters. The molecule has 0 saturated carbocycles. The summed E-state index contributed by atoms with van der Waals surface area (Å²) in [7, 11) is 0. The summed E-state index contributed by atoms with van der Waals surface area (Å²) in [6.45, 7) is -0.237. The predicted octanol–water partition coefficient (Wildman–Crippen LogP) is 5.23. The minimum Gasteiger partial charge on any atom is -0.335 e. The molecule has 1 atom stereocenters. The van der Waals surface area contributed by atoms with Crippen LogP contribution in [0.1, 0.15) is 16.8 Å². The second-order valence-corrected chi connectivity index (χ2v) is 10.5. The van der Waals surface area contributed by atoms with Crippen LogP contribution in [0.3, 0.4) is 0 Å². The van der Waals surface area contributed by atoms with Crippen molar-refractivity contribution in [3.63, 3.8) is 0 Å². The number of hydrogen-bond donors (Lipinski definition) is 1. The molecule has 1 aromatic carbocycles. The molecule has 2 fully saturated rings. The highest BCUT2D eigenvalue weighted by Crippen LogP contribution is 2.48. The van der Waals surface area contributed by atoms with E-state index in [0.717, 1.165) is 29.7 Å². The fourth-order valence-corrected chi connectivity index (χ4v) is 5.33. The van der Waals surface area contributed by atoms with Crippen molar-refractivity contribution in [1.82, 2.24) is 15.4 Å². The molecule has 1 amide bonds. The Labute approximate surface area is 210 Å². The summed E-state index contributed by atoms with van der Waals surface area (Å²) in [5.74, 6) is 0.284. The number of likely N-dealkylation sites (tertiary alicyclic amines) is 1. The van der Waals surface area contributed by atoms with Crippen LogP contribution < -0.4 is 5.48 Å². The molecule has 0 spiro atoms. The fourth-order valence-electron chi connectivity index (χ4n) is 4.09. The minimum atomic E-state index is -4.97. The number of thioether (sulfide) groups is 1. The van der Waals surface area contributed by atoms with Crippen molar-refractivity contribution in [1.29, 1.82) is 0 Å². The van der Waals surface area contributed by atoms with Gasteiger partial charge in [-0.05, 0) is 30.3 Å². The quantitative estimate of drug-likeness (QED) is 0.416. The van der Waals surface area contributed by atoms with E-state index in [9.17, 15) is 22.4 Å². The van der Waals surface area contributed by atoms with E-state index < -0.39 is 38.9 Å². The molecule has 3 aliphatic heterocycles. The van der Waals surface area contributed by atoms with E-state index >= 15 is 4.39 Å². The number of aromatic nitrogens is 1. The maximum atomic E-state index is 15.2. The lowest BCUT2D eigenvalue weighted by Gasteiger charge is -2.46. The largest absolute Gasteiger partial charge is 0.428 e. The zero-order valence-electron chi connectivity index (χ0n) is 17.6. The van der Waals surface area contributed by atoms with Gasteiger partial charge in [0.25, 0.3) is 0 Å². The third-order valence-corrected chi connectivity index (χ3v) is 8.05. The third kappa shape index (κ3) is 4.06. The Hall–Kier alpha value is -2.08. The Morgan fingerprint density at radius 3 is 2.37 bits per heavy atom. The predicted molar refractivity (Wildman–Crippen MR) is 121 cm³/mol. The van der Waals surface area contributed by atoms with E-state index in [1.807, 2.05) is 0 Å². The van der Waals surface area contributed by atoms with Gasteiger partial charge in [-0.2, -0.15) is 24.9 Å². The van der Waals surface area contributed by atoms with Crippen LogP contribution in [0.5, 0.6) is 0 Å². The molecule has 35 heavy (non-hydrogen) atoms. The molecular formula is C22H16Cl2F5N3O2S. The highest BCUT2D eigenvalue weighted by atomic mass is 35.5. The van der Waals surface area contributed by atoms with Crippen LogP contribution in [0.15, 0.2) is 36.5 Å². The molecule has 1 aromatic heterocycles. The summed E-state index contributed by atoms with van der Waals surface area (Å²) in [4.78, 5) is 22.7. The summed E-state index contributed by atoms with van der Waals surface area (Å²) in [5, 5.41) is -1.19. The first kappa shape index (κ1) is 24.6. The molecular weight excluding hydrogens is 536 g/mol. The topological polar surface area (TPSA) is 54.5 Å². The van der Waals surface area contributed by atoms with Crippen molar-refractivity contribution >= 4 is 46.6 Å². The number of hydrogen-bond acceptors (Lipinski definition) is 5. The number of carbonyl (C=O) groups is 1. The second kappa shape index (κ2) is 8.50. The molecule has 3 aliphatic rings. The SMILES string of the molecule is O=C(C1CSC1)N1CC(F)(c2ccc(C3=CC(c4cc(Cl)c(F)c(Cl)c4)(C(F)(F)F)ON3)cn2)C1. The zero-order valence-corrected chi connectivity index (χ0v) is 20.0. The molecule has 0 aliphatic carbocycles. The molecule has 5 rings (SSSR count). The molecule has 4 heterocycles. The van der Waals surface area contributed by atoms with E-state index in [2.05, 4.69) is 10.5 Å². The molecule has 0 radical (unpaired) electrons. The summed E-state index contributed by atoms with van der Waals surface area (Å²) >= 11 is 13.1. The van der Waals surface area contributed by atoms with Crippen molar-refractivity contribution in [2.45, 2.75) is 17.4 Å². The van der Waals surface area contributed by atoms with E-state index in [1.165, 1.54) is 23.2 Å². The van der Waals surface area contributed by atoms with Crippen molar-refractivity contribution < 1.29 is 31.6 Å². The highest BCUT2D eigenvalue weighted by Gasteiger charge is 2.60. The number of carbonyl (C=O) groups excluding carboxylic acids is 1. The smallest absolute Gasteiger partial charge is 0.335 e. The Morgan fingerprint density at radius 2 is 1.86 bits per heavy atom. The van der Waals surface area contributed by atoms with Crippen LogP contribution in [0.4, 0.5) is 22.0 Å². The van der Waals surface area contributed by atoms with Gasteiger partial charge in [0, 0.05) is 28.8 Å². The number of benzene rings is 1. The molecule has 0 bridgehead atoms. The van der Waals surface area contributed by atoms with Gasteiger partial charge in [-0.15, -0.1) is 0 Å². The Morgan fingerprint density at radius 1 is 1.20 bits per heavy atom. The van der Waals surface area contributed by atoms with Gasteiger partial charge in [-0.1, -0.05) is 23.2 Å². The molecule has 2 saturated heterocycles. The number of hydroxylamine groups is 1. The lowest BCUT2D eigenvalue weighted by atomic mass is 9.89. The van der Waals surface area contributed by atoms with Gasteiger partial charge in [0.1, 0.15) is 0 Å². The number of halogens is 7. The molecule has 186 valence electrons. The van der Waals surface area contributed by atoms with E-state index in [0.29, 0.717) is 0 Å². The van der Waals surface area contributed by atoms with Crippen LogP contribution in [0, 0.1) is 11.7 Å². The monoisotopic (exact) mass is 551 g/mol. The van der Waals surface area contributed by atoms with Gasteiger partial charge in [0.2, 0.25) is 11.5 Å². The first-order valence-corrected chi connectivity index (χ1v) is 12.3. The molecule has 13 heteroatoms. The summed E-state index contributed by atoms with van der Waals surface area (Å²) in [6.07, 6.45) is -3.00. The van der Waals surface area contributed by atoms with Crippen LogP contribution in [-0.4, -0.2) is 46.6 Å². The van der Waals surface area contributed by atoms with Crippen molar-refractivity contribution in [2.24, 2.45) is 5.92 Å². The maximum Gasteiger partial charge on any atom is 0.428 e. The average molecular weight is 552 g/mol. The molecule has 1 N–H and O–H groups in total. The van der Waals surface area contributed by atoms with Gasteiger partial charge < -0.3 is 4.90 Å². The van der Waals surface area contributed by atoms with Gasteiger partial charge in [0.15, 0.2) is 11.5 Å². The Bertz CT molecular complexity index is 1190. The zero-order chi connectivity index (χ0) is 25.2. The number of nitrogens with one attached hydrogen (secondary N) is 1. The second-order valence-electron chi connectivity index (χ2n) is 8.58. The van der Waals surface area contributed by atoms with Gasteiger partial charge in [0.05, 0.1) is 40.4 Å². The highest BCUT2D eigenvalue weighted by molar-refractivity contribution is 8.00. The van der Waals surface area contributed by atoms with Crippen molar-refractivity contribution in [3.8, 4) is 0 Å². The van der Waals surface area contributed by atoms with Crippen molar-refractivity contribution in [3.05, 3.63) is 69.2 Å². The Kier molecular flexibility index (Phi) is 5.98. The Balaban J connectivity index is 1.39. The van der Waals surface area contributed by atoms with Crippen LogP contribution in [0.25, 0.3) is 5.70 Å². The van der Waals surface area contributed by atoms with Crippen LogP contribution >= 0.6 is 35.0 Å².